The van der Waals surface area contributed by atoms with Crippen molar-refractivity contribution < 1.29 is 19.1 Å². The monoisotopic (exact) mass is 386 g/mol. The van der Waals surface area contributed by atoms with Crippen LogP contribution in [0.25, 0.3) is 10.9 Å². The quantitative estimate of drug-likeness (QED) is 0.652. The molecule has 0 unspecified atom stereocenters. The Morgan fingerprint density at radius 2 is 1.71 bits per heavy atom. The first kappa shape index (κ1) is 20.4. The van der Waals surface area contributed by atoms with Crippen molar-refractivity contribution in [2.24, 2.45) is 0 Å². The molecule has 0 atom stereocenters. The number of hydrogen-bond donors (Lipinski definition) is 0. The molecule has 6 heteroatoms. The highest BCUT2D eigenvalue weighted by molar-refractivity contribution is 5.86. The smallest absolute Gasteiger partial charge is 0.307 e. The van der Waals surface area contributed by atoms with Crippen molar-refractivity contribution in [1.82, 2.24) is 9.47 Å². The minimum Gasteiger partial charge on any atom is -0.466 e. The lowest BCUT2D eigenvalue weighted by Gasteiger charge is -2.28. The highest BCUT2D eigenvalue weighted by Crippen LogP contribution is 2.32. The van der Waals surface area contributed by atoms with Crippen LogP contribution in [0.5, 0.6) is 0 Å². The number of carbonyl (C=O) groups is 2. The van der Waals surface area contributed by atoms with E-state index in [0.717, 1.165) is 19.5 Å². The van der Waals surface area contributed by atoms with Gasteiger partial charge in [-0.1, -0.05) is 11.6 Å². The summed E-state index contributed by atoms with van der Waals surface area (Å²) in [7, 11) is 0. The van der Waals surface area contributed by atoms with Crippen LogP contribution in [0.15, 0.2) is 18.2 Å². The molecule has 0 saturated heterocycles. The average molecular weight is 386 g/mol. The average Bonchev–Trinajstić information content (AvgIpc) is 2.97. The van der Waals surface area contributed by atoms with Gasteiger partial charge in [0.05, 0.1) is 26.1 Å². The molecule has 0 fully saturated rings. The summed E-state index contributed by atoms with van der Waals surface area (Å²) in [5.41, 5.74) is 5.02. The Hall–Kier alpha value is -2.34. The van der Waals surface area contributed by atoms with Gasteiger partial charge in [0.2, 0.25) is 0 Å². The van der Waals surface area contributed by atoms with Gasteiger partial charge in [-0.2, -0.15) is 0 Å². The zero-order valence-electron chi connectivity index (χ0n) is 17.1. The van der Waals surface area contributed by atoms with Crippen LogP contribution in [0, 0.1) is 6.92 Å². The first-order chi connectivity index (χ1) is 13.5. The first-order valence-corrected chi connectivity index (χ1v) is 10.2. The molecule has 0 spiro atoms. The van der Waals surface area contributed by atoms with E-state index in [1.807, 2.05) is 13.8 Å². The molecule has 2 heterocycles. The fourth-order valence-electron chi connectivity index (χ4n) is 3.98. The van der Waals surface area contributed by atoms with Crippen molar-refractivity contribution >= 4 is 22.8 Å². The van der Waals surface area contributed by atoms with Gasteiger partial charge in [-0.25, -0.2) is 0 Å². The van der Waals surface area contributed by atoms with Crippen molar-refractivity contribution in [2.45, 2.75) is 53.1 Å². The van der Waals surface area contributed by atoms with Crippen molar-refractivity contribution in [2.75, 3.05) is 26.3 Å². The van der Waals surface area contributed by atoms with E-state index in [1.165, 1.54) is 27.7 Å². The lowest BCUT2D eigenvalue weighted by atomic mass is 10.0. The highest BCUT2D eigenvalue weighted by atomic mass is 16.5. The number of ether oxygens (including phenoxy) is 2. The summed E-state index contributed by atoms with van der Waals surface area (Å²) in [6, 6.07) is 6.49. The highest BCUT2D eigenvalue weighted by Gasteiger charge is 2.24. The molecule has 0 N–H and O–H groups in total. The summed E-state index contributed by atoms with van der Waals surface area (Å²) in [4.78, 5) is 25.9. The number of fused-ring (bicyclic) bond motifs is 3. The third-order valence-electron chi connectivity index (χ3n) is 5.27. The number of carbonyl (C=O) groups excluding carboxylic acids is 2. The van der Waals surface area contributed by atoms with Crippen LogP contribution < -0.4 is 0 Å². The van der Waals surface area contributed by atoms with Gasteiger partial charge < -0.3 is 14.0 Å². The van der Waals surface area contributed by atoms with Crippen LogP contribution in [0.3, 0.4) is 0 Å². The van der Waals surface area contributed by atoms with Crippen molar-refractivity contribution in [3.05, 3.63) is 35.0 Å². The third kappa shape index (κ3) is 4.55. The van der Waals surface area contributed by atoms with Gasteiger partial charge in [-0.05, 0) is 38.5 Å². The summed E-state index contributed by atoms with van der Waals surface area (Å²) < 4.78 is 12.4. The number of aryl methyl sites for hydroxylation is 2. The number of nitrogens with zero attached hydrogens (tertiary/aromatic N) is 2. The third-order valence-corrected chi connectivity index (χ3v) is 5.27. The van der Waals surface area contributed by atoms with Gasteiger partial charge in [0.1, 0.15) is 0 Å². The Kier molecular flexibility index (Phi) is 6.73. The summed E-state index contributed by atoms with van der Waals surface area (Å²) >= 11 is 0. The van der Waals surface area contributed by atoms with Gasteiger partial charge in [0, 0.05) is 49.2 Å². The standard InChI is InChI=1S/C22H30N2O4/c1-4-27-21(25)9-12-23-11-8-20-18(15-23)17-14-16(3)6-7-19(17)24(20)13-10-22(26)28-5-2/h6-7,14H,4-5,8-13,15H2,1-3H3. The Labute approximate surface area is 166 Å². The Morgan fingerprint density at radius 3 is 2.39 bits per heavy atom. The van der Waals surface area contributed by atoms with E-state index in [1.54, 1.807) is 0 Å². The summed E-state index contributed by atoms with van der Waals surface area (Å²) in [6.45, 7) is 9.67. The van der Waals surface area contributed by atoms with E-state index in [9.17, 15) is 9.59 Å². The molecular formula is C22H30N2O4. The lowest BCUT2D eigenvalue weighted by molar-refractivity contribution is -0.144. The van der Waals surface area contributed by atoms with Crippen LogP contribution in [0.1, 0.15) is 43.5 Å². The predicted molar refractivity (Wildman–Crippen MR) is 108 cm³/mol. The number of aromatic nitrogens is 1. The number of rotatable bonds is 8. The van der Waals surface area contributed by atoms with Crippen LogP contribution in [-0.4, -0.2) is 47.7 Å². The number of benzene rings is 1. The second-order valence-electron chi connectivity index (χ2n) is 7.23. The lowest BCUT2D eigenvalue weighted by Crippen LogP contribution is -2.33. The normalized spacial score (nSPS) is 14.1. The molecule has 152 valence electrons. The summed E-state index contributed by atoms with van der Waals surface area (Å²) in [6.07, 6.45) is 1.71. The fraction of sp³-hybridized carbons (Fsp3) is 0.545. The molecule has 0 amide bonds. The molecular weight excluding hydrogens is 356 g/mol. The van der Waals surface area contributed by atoms with Crippen LogP contribution in [0.2, 0.25) is 0 Å². The fourth-order valence-corrected chi connectivity index (χ4v) is 3.98. The van der Waals surface area contributed by atoms with E-state index < -0.39 is 0 Å². The van der Waals surface area contributed by atoms with E-state index in [0.29, 0.717) is 39.1 Å². The zero-order chi connectivity index (χ0) is 20.1. The maximum Gasteiger partial charge on any atom is 0.307 e. The minimum atomic E-state index is -0.155. The molecule has 1 aromatic heterocycles. The molecule has 28 heavy (non-hydrogen) atoms. The van der Waals surface area contributed by atoms with Gasteiger partial charge in [-0.15, -0.1) is 0 Å². The van der Waals surface area contributed by atoms with Gasteiger partial charge in [0.15, 0.2) is 0 Å². The molecule has 6 nitrogen and oxygen atoms in total. The van der Waals surface area contributed by atoms with Crippen molar-refractivity contribution in [3.8, 4) is 0 Å². The summed E-state index contributed by atoms with van der Waals surface area (Å²) in [5, 5.41) is 1.25. The molecule has 1 aromatic carbocycles. The first-order valence-electron chi connectivity index (χ1n) is 10.2. The van der Waals surface area contributed by atoms with Crippen LogP contribution in [-0.2, 0) is 38.6 Å². The van der Waals surface area contributed by atoms with Gasteiger partial charge in [0.25, 0.3) is 0 Å². The minimum absolute atomic E-state index is 0.138. The van der Waals surface area contributed by atoms with Crippen LogP contribution in [0.4, 0.5) is 0 Å². The van der Waals surface area contributed by atoms with E-state index in [4.69, 9.17) is 9.47 Å². The SMILES string of the molecule is CCOC(=O)CCN1CCc2c(c3cc(C)ccc3n2CCC(=O)OCC)C1. The molecule has 0 radical (unpaired) electrons. The predicted octanol–water partition coefficient (Wildman–Crippen LogP) is 3.21. The maximum absolute atomic E-state index is 11.9. The van der Waals surface area contributed by atoms with Gasteiger partial charge >= 0.3 is 11.9 Å². The molecule has 2 aromatic rings. The molecule has 0 bridgehead atoms. The van der Waals surface area contributed by atoms with Gasteiger partial charge in [-0.3, -0.25) is 14.5 Å². The zero-order valence-corrected chi connectivity index (χ0v) is 17.1. The molecule has 3 rings (SSSR count). The van der Waals surface area contributed by atoms with E-state index in [2.05, 4.69) is 34.6 Å². The van der Waals surface area contributed by atoms with E-state index >= 15 is 0 Å². The Balaban J connectivity index is 1.81. The Bertz CT molecular complexity index is 856. The second kappa shape index (κ2) is 9.24. The van der Waals surface area contributed by atoms with Crippen molar-refractivity contribution in [1.29, 1.82) is 0 Å². The molecule has 0 saturated carbocycles. The van der Waals surface area contributed by atoms with E-state index in [-0.39, 0.29) is 11.9 Å². The topological polar surface area (TPSA) is 60.8 Å². The molecule has 1 aliphatic heterocycles. The number of hydrogen-bond acceptors (Lipinski definition) is 5. The second-order valence-corrected chi connectivity index (χ2v) is 7.23. The van der Waals surface area contributed by atoms with Crippen LogP contribution >= 0.6 is 0 Å². The molecule has 0 aliphatic carbocycles. The van der Waals surface area contributed by atoms with Crippen molar-refractivity contribution in [3.63, 3.8) is 0 Å². The maximum atomic E-state index is 11.9. The molecule has 1 aliphatic rings. The largest absolute Gasteiger partial charge is 0.466 e. The summed E-state index contributed by atoms with van der Waals surface area (Å²) in [5.74, 6) is -0.293. The number of esters is 2. The Morgan fingerprint density at radius 1 is 1.04 bits per heavy atom.